The molecule has 0 radical (unpaired) electrons. The van der Waals surface area contributed by atoms with Gasteiger partial charge >= 0.3 is 6.03 Å². The number of benzene rings is 1. The highest BCUT2D eigenvalue weighted by atomic mass is 16.5. The Hall–Kier alpha value is -3.13. The van der Waals surface area contributed by atoms with E-state index < -0.39 is 0 Å². The number of carbonyl (C=O) groups is 1. The summed E-state index contributed by atoms with van der Waals surface area (Å²) in [7, 11) is 1.67. The Bertz CT molecular complexity index is 1040. The molecule has 0 bridgehead atoms. The monoisotopic (exact) mass is 436 g/mol. The Labute approximate surface area is 189 Å². The Morgan fingerprint density at radius 2 is 1.88 bits per heavy atom. The number of nitrogens with one attached hydrogen (secondary N) is 1. The zero-order valence-corrected chi connectivity index (χ0v) is 19.1. The number of fused-ring (bicyclic) bond motifs is 1. The van der Waals surface area contributed by atoms with Crippen LogP contribution in [0, 0.1) is 5.92 Å². The van der Waals surface area contributed by atoms with E-state index in [1.165, 1.54) is 0 Å². The van der Waals surface area contributed by atoms with Crippen molar-refractivity contribution in [3.63, 3.8) is 0 Å². The number of piperazine rings is 1. The first-order valence-electron chi connectivity index (χ1n) is 11.3. The standard InChI is InChI=1S/C24H32N6O2/c1-18(2)10-12-26-24(31)29-15-13-28(14-16-29)17-22-27-21-5-4-11-25-23(21)30(22)19-6-8-20(32-3)9-7-19/h4-9,11,18H,10,12-17H2,1-3H3,(H,26,31). The van der Waals surface area contributed by atoms with Gasteiger partial charge in [0.15, 0.2) is 5.65 Å². The van der Waals surface area contributed by atoms with Crippen LogP contribution in [0.4, 0.5) is 4.79 Å². The zero-order valence-electron chi connectivity index (χ0n) is 19.1. The van der Waals surface area contributed by atoms with Gasteiger partial charge in [-0.25, -0.2) is 14.8 Å². The number of urea groups is 1. The molecule has 3 aromatic rings. The molecule has 1 saturated heterocycles. The van der Waals surface area contributed by atoms with E-state index in [0.29, 0.717) is 25.6 Å². The minimum Gasteiger partial charge on any atom is -0.497 e. The molecule has 1 aliphatic rings. The molecular weight excluding hydrogens is 404 g/mol. The number of aromatic nitrogens is 3. The van der Waals surface area contributed by atoms with Gasteiger partial charge in [-0.05, 0) is 48.7 Å². The van der Waals surface area contributed by atoms with Gasteiger partial charge in [0.05, 0.1) is 13.7 Å². The van der Waals surface area contributed by atoms with Crippen LogP contribution in [0.25, 0.3) is 16.9 Å². The maximum atomic E-state index is 12.4. The van der Waals surface area contributed by atoms with Crippen molar-refractivity contribution in [3.05, 3.63) is 48.4 Å². The van der Waals surface area contributed by atoms with Crippen molar-refractivity contribution in [2.75, 3.05) is 39.8 Å². The fraction of sp³-hybridized carbons (Fsp3) is 0.458. The van der Waals surface area contributed by atoms with E-state index in [9.17, 15) is 4.79 Å². The quantitative estimate of drug-likeness (QED) is 0.615. The molecule has 0 atom stereocenters. The first kappa shape index (κ1) is 22.1. The molecule has 1 fully saturated rings. The van der Waals surface area contributed by atoms with Gasteiger partial charge in [0, 0.05) is 44.6 Å². The molecule has 32 heavy (non-hydrogen) atoms. The summed E-state index contributed by atoms with van der Waals surface area (Å²) >= 11 is 0. The summed E-state index contributed by atoms with van der Waals surface area (Å²) in [6, 6.07) is 11.9. The number of amides is 2. The number of hydrogen-bond acceptors (Lipinski definition) is 5. The molecule has 3 heterocycles. The van der Waals surface area contributed by atoms with E-state index in [1.807, 2.05) is 41.3 Å². The molecule has 1 aliphatic heterocycles. The summed E-state index contributed by atoms with van der Waals surface area (Å²) in [5.74, 6) is 2.35. The highest BCUT2D eigenvalue weighted by Gasteiger charge is 2.23. The van der Waals surface area contributed by atoms with Crippen LogP contribution in [0.15, 0.2) is 42.6 Å². The topological polar surface area (TPSA) is 75.5 Å². The average molecular weight is 437 g/mol. The van der Waals surface area contributed by atoms with Crippen molar-refractivity contribution in [2.24, 2.45) is 5.92 Å². The molecule has 8 nitrogen and oxygen atoms in total. The molecule has 0 saturated carbocycles. The van der Waals surface area contributed by atoms with Crippen molar-refractivity contribution in [1.82, 2.24) is 29.7 Å². The minimum absolute atomic E-state index is 0.0416. The third-order valence-corrected chi connectivity index (χ3v) is 5.84. The second-order valence-electron chi connectivity index (χ2n) is 8.59. The van der Waals surface area contributed by atoms with E-state index >= 15 is 0 Å². The second-order valence-corrected chi connectivity index (χ2v) is 8.59. The Morgan fingerprint density at radius 3 is 2.56 bits per heavy atom. The van der Waals surface area contributed by atoms with Gasteiger partial charge in [-0.3, -0.25) is 9.47 Å². The van der Waals surface area contributed by atoms with Crippen molar-refractivity contribution in [2.45, 2.75) is 26.8 Å². The normalized spacial score (nSPS) is 14.8. The maximum Gasteiger partial charge on any atom is 0.317 e. The average Bonchev–Trinajstić information content (AvgIpc) is 3.17. The first-order valence-corrected chi connectivity index (χ1v) is 11.3. The lowest BCUT2D eigenvalue weighted by Crippen LogP contribution is -2.51. The zero-order chi connectivity index (χ0) is 22.5. The first-order chi connectivity index (χ1) is 15.5. The van der Waals surface area contributed by atoms with Crippen LogP contribution < -0.4 is 10.1 Å². The summed E-state index contributed by atoms with van der Waals surface area (Å²) in [5.41, 5.74) is 2.72. The molecule has 8 heteroatoms. The Kier molecular flexibility index (Phi) is 6.90. The third kappa shape index (κ3) is 5.02. The van der Waals surface area contributed by atoms with Crippen LogP contribution in [-0.4, -0.2) is 70.2 Å². The van der Waals surface area contributed by atoms with Crippen LogP contribution in [-0.2, 0) is 6.54 Å². The predicted octanol–water partition coefficient (Wildman–Crippen LogP) is 3.30. The summed E-state index contributed by atoms with van der Waals surface area (Å²) < 4.78 is 7.42. The van der Waals surface area contributed by atoms with Crippen LogP contribution in [0.5, 0.6) is 5.75 Å². The van der Waals surface area contributed by atoms with Gasteiger partial charge in [0.2, 0.25) is 0 Å². The molecule has 0 spiro atoms. The van der Waals surface area contributed by atoms with Gasteiger partial charge in [0.1, 0.15) is 17.1 Å². The molecule has 2 aromatic heterocycles. The van der Waals surface area contributed by atoms with Crippen molar-refractivity contribution < 1.29 is 9.53 Å². The van der Waals surface area contributed by atoms with Gasteiger partial charge in [0.25, 0.3) is 0 Å². The number of ether oxygens (including phenoxy) is 1. The fourth-order valence-electron chi connectivity index (χ4n) is 3.96. The van der Waals surface area contributed by atoms with Gasteiger partial charge in [-0.1, -0.05) is 13.8 Å². The summed E-state index contributed by atoms with van der Waals surface area (Å²) in [4.78, 5) is 26.1. The molecule has 0 aliphatic carbocycles. The van der Waals surface area contributed by atoms with Gasteiger partial charge in [-0.15, -0.1) is 0 Å². The number of hydrogen-bond donors (Lipinski definition) is 1. The van der Waals surface area contributed by atoms with Crippen LogP contribution >= 0.6 is 0 Å². The number of methoxy groups -OCH3 is 1. The van der Waals surface area contributed by atoms with Crippen LogP contribution in [0.2, 0.25) is 0 Å². The maximum absolute atomic E-state index is 12.4. The third-order valence-electron chi connectivity index (χ3n) is 5.84. The molecular formula is C24H32N6O2. The lowest BCUT2D eigenvalue weighted by Gasteiger charge is -2.34. The van der Waals surface area contributed by atoms with Gasteiger partial charge in [-0.2, -0.15) is 0 Å². The number of rotatable bonds is 7. The lowest BCUT2D eigenvalue weighted by atomic mass is 10.1. The van der Waals surface area contributed by atoms with Crippen LogP contribution in [0.1, 0.15) is 26.1 Å². The smallest absolute Gasteiger partial charge is 0.317 e. The highest BCUT2D eigenvalue weighted by molar-refractivity contribution is 5.74. The summed E-state index contributed by atoms with van der Waals surface area (Å²) in [6.07, 6.45) is 2.80. The second kappa shape index (κ2) is 9.99. The minimum atomic E-state index is 0.0416. The summed E-state index contributed by atoms with van der Waals surface area (Å²) in [6.45, 7) is 8.83. The predicted molar refractivity (Wildman–Crippen MR) is 125 cm³/mol. The Morgan fingerprint density at radius 1 is 1.12 bits per heavy atom. The van der Waals surface area contributed by atoms with Crippen molar-refractivity contribution in [1.29, 1.82) is 0 Å². The molecule has 1 N–H and O–H groups in total. The fourth-order valence-corrected chi connectivity index (χ4v) is 3.96. The largest absolute Gasteiger partial charge is 0.497 e. The summed E-state index contributed by atoms with van der Waals surface area (Å²) in [5, 5.41) is 3.04. The van der Waals surface area contributed by atoms with E-state index in [2.05, 4.69) is 33.6 Å². The number of carbonyl (C=O) groups excluding carboxylic acids is 1. The van der Waals surface area contributed by atoms with E-state index in [1.54, 1.807) is 13.3 Å². The molecule has 1 aromatic carbocycles. The van der Waals surface area contributed by atoms with Crippen molar-refractivity contribution in [3.8, 4) is 11.4 Å². The van der Waals surface area contributed by atoms with Gasteiger partial charge < -0.3 is 15.0 Å². The van der Waals surface area contributed by atoms with Crippen LogP contribution in [0.3, 0.4) is 0 Å². The number of nitrogens with zero attached hydrogens (tertiary/aromatic N) is 5. The van der Waals surface area contributed by atoms with E-state index in [0.717, 1.165) is 54.5 Å². The molecule has 2 amide bonds. The van der Waals surface area contributed by atoms with E-state index in [-0.39, 0.29) is 6.03 Å². The van der Waals surface area contributed by atoms with E-state index in [4.69, 9.17) is 9.72 Å². The molecule has 4 rings (SSSR count). The lowest BCUT2D eigenvalue weighted by molar-refractivity contribution is 0.133. The number of pyridine rings is 1. The highest BCUT2D eigenvalue weighted by Crippen LogP contribution is 2.23. The van der Waals surface area contributed by atoms with Crippen molar-refractivity contribution >= 4 is 17.2 Å². The molecule has 0 unspecified atom stereocenters. The molecule has 170 valence electrons. The Balaban J connectivity index is 1.45. The number of imidazole rings is 1. The SMILES string of the molecule is COc1ccc(-n2c(CN3CCN(C(=O)NCCC(C)C)CC3)nc3cccnc32)cc1.